The summed E-state index contributed by atoms with van der Waals surface area (Å²) in [5.74, 6) is 0.942. The van der Waals surface area contributed by atoms with Gasteiger partial charge in [-0.15, -0.1) is 0 Å². The van der Waals surface area contributed by atoms with Gasteiger partial charge in [0.15, 0.2) is 0 Å². The van der Waals surface area contributed by atoms with Crippen LogP contribution in [0, 0.1) is 12.8 Å². The standard InChI is InChI=1S/C19H25N3O/c1-5-22(16-8-6-7-15(4)12-16)17-9-10-18(20-13-17)21-19(23)11-14(2)3/h6-10,12-14H,5,11H2,1-4H3,(H,20,21,23). The molecule has 1 aromatic carbocycles. The van der Waals surface area contributed by atoms with Gasteiger partial charge in [0.1, 0.15) is 5.82 Å². The highest BCUT2D eigenvalue weighted by molar-refractivity contribution is 5.90. The predicted octanol–water partition coefficient (Wildman–Crippen LogP) is 4.53. The molecule has 0 aliphatic rings. The summed E-state index contributed by atoms with van der Waals surface area (Å²) in [5, 5.41) is 2.84. The fraction of sp³-hybridized carbons (Fsp3) is 0.368. The summed E-state index contributed by atoms with van der Waals surface area (Å²) in [7, 11) is 0. The minimum absolute atomic E-state index is 0.00582. The van der Waals surface area contributed by atoms with Crippen LogP contribution >= 0.6 is 0 Å². The molecule has 1 amide bonds. The predicted molar refractivity (Wildman–Crippen MR) is 96.2 cm³/mol. The lowest BCUT2D eigenvalue weighted by Crippen LogP contribution is -2.17. The number of hydrogen-bond acceptors (Lipinski definition) is 3. The highest BCUT2D eigenvalue weighted by Crippen LogP contribution is 2.25. The van der Waals surface area contributed by atoms with Crippen molar-refractivity contribution >= 4 is 23.1 Å². The van der Waals surface area contributed by atoms with Gasteiger partial charge in [-0.05, 0) is 49.6 Å². The van der Waals surface area contributed by atoms with Gasteiger partial charge in [-0.25, -0.2) is 4.98 Å². The van der Waals surface area contributed by atoms with Crippen LogP contribution < -0.4 is 10.2 Å². The van der Waals surface area contributed by atoms with Gasteiger partial charge in [0.25, 0.3) is 0 Å². The molecule has 2 aromatic rings. The number of nitrogens with one attached hydrogen (secondary N) is 1. The Morgan fingerprint density at radius 1 is 1.22 bits per heavy atom. The van der Waals surface area contributed by atoms with Gasteiger partial charge in [0.05, 0.1) is 11.9 Å². The van der Waals surface area contributed by atoms with Crippen LogP contribution in [0.25, 0.3) is 0 Å². The van der Waals surface area contributed by atoms with Crippen LogP contribution in [0.3, 0.4) is 0 Å². The van der Waals surface area contributed by atoms with E-state index < -0.39 is 0 Å². The van der Waals surface area contributed by atoms with Gasteiger partial charge in [0, 0.05) is 18.7 Å². The maximum atomic E-state index is 11.8. The second-order valence-corrected chi connectivity index (χ2v) is 6.13. The van der Waals surface area contributed by atoms with Gasteiger partial charge in [0.2, 0.25) is 5.91 Å². The Balaban J connectivity index is 2.12. The molecule has 0 fully saturated rings. The zero-order valence-corrected chi connectivity index (χ0v) is 14.3. The number of aromatic nitrogens is 1. The molecule has 1 heterocycles. The van der Waals surface area contributed by atoms with Gasteiger partial charge in [-0.2, -0.15) is 0 Å². The molecule has 122 valence electrons. The minimum Gasteiger partial charge on any atom is -0.341 e. The van der Waals surface area contributed by atoms with Crippen molar-refractivity contribution in [2.45, 2.75) is 34.1 Å². The molecule has 23 heavy (non-hydrogen) atoms. The molecule has 0 spiro atoms. The van der Waals surface area contributed by atoms with E-state index in [2.05, 4.69) is 53.3 Å². The van der Waals surface area contributed by atoms with E-state index in [0.29, 0.717) is 18.2 Å². The van der Waals surface area contributed by atoms with Gasteiger partial charge < -0.3 is 10.2 Å². The van der Waals surface area contributed by atoms with E-state index in [1.807, 2.05) is 26.0 Å². The monoisotopic (exact) mass is 311 g/mol. The molecule has 0 aliphatic carbocycles. The molecule has 0 radical (unpaired) electrons. The Bertz CT molecular complexity index is 650. The summed E-state index contributed by atoms with van der Waals surface area (Å²) in [6.07, 6.45) is 2.31. The normalized spacial score (nSPS) is 10.7. The van der Waals surface area contributed by atoms with E-state index in [9.17, 15) is 4.79 Å². The maximum absolute atomic E-state index is 11.8. The lowest BCUT2D eigenvalue weighted by molar-refractivity contribution is -0.116. The van der Waals surface area contributed by atoms with Crippen molar-refractivity contribution in [3.8, 4) is 0 Å². The zero-order valence-electron chi connectivity index (χ0n) is 14.3. The molecule has 1 aromatic heterocycles. The Morgan fingerprint density at radius 2 is 2.00 bits per heavy atom. The average Bonchev–Trinajstić information content (AvgIpc) is 2.49. The van der Waals surface area contributed by atoms with Crippen molar-refractivity contribution in [2.24, 2.45) is 5.92 Å². The molecule has 1 N–H and O–H groups in total. The van der Waals surface area contributed by atoms with E-state index in [-0.39, 0.29) is 5.91 Å². The van der Waals surface area contributed by atoms with E-state index in [4.69, 9.17) is 0 Å². The number of carbonyl (C=O) groups excluding carboxylic acids is 1. The van der Waals surface area contributed by atoms with Crippen molar-refractivity contribution in [2.75, 3.05) is 16.8 Å². The molecule has 0 saturated heterocycles. The number of benzene rings is 1. The molecular weight excluding hydrogens is 286 g/mol. The Hall–Kier alpha value is -2.36. The number of hydrogen-bond donors (Lipinski definition) is 1. The number of aryl methyl sites for hydroxylation is 1. The Labute approximate surface area is 138 Å². The number of amides is 1. The number of nitrogens with zero attached hydrogens (tertiary/aromatic N) is 2. The van der Waals surface area contributed by atoms with Gasteiger partial charge >= 0.3 is 0 Å². The largest absolute Gasteiger partial charge is 0.341 e. The van der Waals surface area contributed by atoms with Crippen LogP contribution in [0.15, 0.2) is 42.6 Å². The van der Waals surface area contributed by atoms with Crippen LogP contribution in [-0.2, 0) is 4.79 Å². The Morgan fingerprint density at radius 3 is 2.57 bits per heavy atom. The van der Waals surface area contributed by atoms with Crippen molar-refractivity contribution < 1.29 is 4.79 Å². The third kappa shape index (κ3) is 4.81. The Kier molecular flexibility index (Phi) is 5.74. The van der Waals surface area contributed by atoms with Crippen molar-refractivity contribution in [3.63, 3.8) is 0 Å². The van der Waals surface area contributed by atoms with Gasteiger partial charge in [-0.1, -0.05) is 26.0 Å². The fourth-order valence-electron chi connectivity index (χ4n) is 2.49. The fourth-order valence-corrected chi connectivity index (χ4v) is 2.49. The second-order valence-electron chi connectivity index (χ2n) is 6.13. The van der Waals surface area contributed by atoms with Crippen LogP contribution in [0.2, 0.25) is 0 Å². The smallest absolute Gasteiger partial charge is 0.225 e. The van der Waals surface area contributed by atoms with Crippen LogP contribution in [0.5, 0.6) is 0 Å². The highest BCUT2D eigenvalue weighted by Gasteiger charge is 2.09. The third-order valence-corrected chi connectivity index (χ3v) is 3.55. The third-order valence-electron chi connectivity index (χ3n) is 3.55. The first kappa shape index (κ1) is 17.0. The van der Waals surface area contributed by atoms with Crippen molar-refractivity contribution in [1.29, 1.82) is 0 Å². The van der Waals surface area contributed by atoms with Crippen LogP contribution in [0.1, 0.15) is 32.8 Å². The van der Waals surface area contributed by atoms with Crippen LogP contribution in [-0.4, -0.2) is 17.4 Å². The molecule has 0 unspecified atom stereocenters. The van der Waals surface area contributed by atoms with E-state index in [1.165, 1.54) is 5.56 Å². The molecule has 0 aliphatic heterocycles. The highest BCUT2D eigenvalue weighted by atomic mass is 16.1. The van der Waals surface area contributed by atoms with E-state index >= 15 is 0 Å². The van der Waals surface area contributed by atoms with Crippen LogP contribution in [0.4, 0.5) is 17.2 Å². The quantitative estimate of drug-likeness (QED) is 0.852. The summed E-state index contributed by atoms with van der Waals surface area (Å²) in [6.45, 7) is 9.10. The summed E-state index contributed by atoms with van der Waals surface area (Å²) < 4.78 is 0. The first-order valence-corrected chi connectivity index (χ1v) is 8.09. The summed E-state index contributed by atoms with van der Waals surface area (Å²) >= 11 is 0. The zero-order chi connectivity index (χ0) is 16.8. The average molecular weight is 311 g/mol. The number of rotatable bonds is 6. The van der Waals surface area contributed by atoms with Gasteiger partial charge in [-0.3, -0.25) is 4.79 Å². The first-order valence-electron chi connectivity index (χ1n) is 8.09. The number of anilines is 3. The molecule has 4 nitrogen and oxygen atoms in total. The molecule has 0 saturated carbocycles. The first-order chi connectivity index (χ1) is 11.0. The summed E-state index contributed by atoms with van der Waals surface area (Å²) in [5.41, 5.74) is 3.39. The minimum atomic E-state index is 0.00582. The molecule has 2 rings (SSSR count). The molecule has 4 heteroatoms. The summed E-state index contributed by atoms with van der Waals surface area (Å²) in [6, 6.07) is 12.2. The lowest BCUT2D eigenvalue weighted by Gasteiger charge is -2.23. The van der Waals surface area contributed by atoms with Crippen molar-refractivity contribution in [1.82, 2.24) is 4.98 Å². The van der Waals surface area contributed by atoms with E-state index in [0.717, 1.165) is 17.9 Å². The topological polar surface area (TPSA) is 45.2 Å². The SMILES string of the molecule is CCN(c1ccc(NC(=O)CC(C)C)nc1)c1cccc(C)c1. The number of pyridine rings is 1. The molecule has 0 bridgehead atoms. The van der Waals surface area contributed by atoms with Crippen molar-refractivity contribution in [3.05, 3.63) is 48.2 Å². The summed E-state index contributed by atoms with van der Waals surface area (Å²) in [4.78, 5) is 18.4. The molecule has 0 atom stereocenters. The maximum Gasteiger partial charge on any atom is 0.225 e. The number of carbonyl (C=O) groups is 1. The molecular formula is C19H25N3O. The second kappa shape index (κ2) is 7.77. The van der Waals surface area contributed by atoms with E-state index in [1.54, 1.807) is 6.20 Å². The lowest BCUT2D eigenvalue weighted by atomic mass is 10.1.